The van der Waals surface area contributed by atoms with Gasteiger partial charge < -0.3 is 4.74 Å². The highest BCUT2D eigenvalue weighted by molar-refractivity contribution is 7.98. The molecule has 0 amide bonds. The van der Waals surface area contributed by atoms with Crippen LogP contribution in [0.2, 0.25) is 25.7 Å². The molecule has 1 N–H and O–H groups in total. The maximum atomic E-state index is 6.02. The average Bonchev–Trinajstić information content (AvgIpc) is 3.16. The molecule has 5 nitrogen and oxygen atoms in total. The minimum Gasteiger partial charge on any atom is -0.361 e. The minimum absolute atomic E-state index is 0.507. The molecule has 0 bridgehead atoms. The molecule has 0 radical (unpaired) electrons. The number of aromatic nitrogens is 4. The highest BCUT2D eigenvalue weighted by Gasteiger charge is 2.17. The molecule has 0 spiro atoms. The van der Waals surface area contributed by atoms with E-state index >= 15 is 0 Å². The molecule has 0 unspecified atom stereocenters. The highest BCUT2D eigenvalue weighted by Crippen LogP contribution is 2.27. The van der Waals surface area contributed by atoms with E-state index in [1.54, 1.807) is 11.8 Å². The number of aromatic amines is 1. The first-order valence-corrected chi connectivity index (χ1v) is 13.5. The lowest BCUT2D eigenvalue weighted by molar-refractivity contribution is 0.0909. The molecule has 0 fully saturated rings. The van der Waals surface area contributed by atoms with E-state index in [9.17, 15) is 0 Å². The number of imidazole rings is 1. The van der Waals surface area contributed by atoms with Gasteiger partial charge in [0.2, 0.25) is 0 Å². The van der Waals surface area contributed by atoms with Crippen molar-refractivity contribution < 1.29 is 4.74 Å². The largest absolute Gasteiger partial charge is 0.361 e. The first-order chi connectivity index (χ1) is 11.9. The fourth-order valence-corrected chi connectivity index (χ4v) is 3.81. The summed E-state index contributed by atoms with van der Waals surface area (Å²) in [6, 6.07) is 9.47. The number of hydrogen-bond acceptors (Lipinski definition) is 4. The predicted molar refractivity (Wildman–Crippen MR) is 108 cm³/mol. The van der Waals surface area contributed by atoms with Crippen LogP contribution in [0.5, 0.6) is 0 Å². The van der Waals surface area contributed by atoms with Crippen LogP contribution in [0.1, 0.15) is 5.56 Å². The molecular weight excluding hydrogens is 348 g/mol. The van der Waals surface area contributed by atoms with Crippen molar-refractivity contribution in [1.29, 1.82) is 0 Å². The van der Waals surface area contributed by atoms with Gasteiger partial charge in [-0.2, -0.15) is 5.10 Å². The Bertz CT molecular complexity index is 866. The second-order valence-electron chi connectivity index (χ2n) is 7.48. The number of para-hydroxylation sites is 1. The monoisotopic (exact) mass is 374 g/mol. The lowest BCUT2D eigenvalue weighted by atomic mass is 10.2. The lowest BCUT2D eigenvalue weighted by Gasteiger charge is -2.16. The first kappa shape index (κ1) is 18.2. The number of rotatable bonds is 7. The van der Waals surface area contributed by atoms with Crippen molar-refractivity contribution in [1.82, 2.24) is 19.7 Å². The van der Waals surface area contributed by atoms with Crippen molar-refractivity contribution in [2.75, 3.05) is 12.9 Å². The number of thioether (sulfide) groups is 1. The van der Waals surface area contributed by atoms with E-state index in [-0.39, 0.29) is 0 Å². The van der Waals surface area contributed by atoms with Gasteiger partial charge >= 0.3 is 0 Å². The van der Waals surface area contributed by atoms with E-state index in [4.69, 9.17) is 9.72 Å². The lowest BCUT2D eigenvalue weighted by Crippen LogP contribution is -2.22. The molecule has 2 heterocycles. The molecule has 0 aliphatic carbocycles. The summed E-state index contributed by atoms with van der Waals surface area (Å²) in [6.45, 7) is 10.5. The van der Waals surface area contributed by atoms with Crippen molar-refractivity contribution in [2.24, 2.45) is 0 Å². The second kappa shape index (κ2) is 7.35. The summed E-state index contributed by atoms with van der Waals surface area (Å²) in [5.41, 5.74) is 4.22. The number of nitrogens with one attached hydrogen (secondary N) is 1. The zero-order valence-corrected chi connectivity index (χ0v) is 17.4. The minimum atomic E-state index is -1.09. The Morgan fingerprint density at radius 3 is 2.76 bits per heavy atom. The summed E-state index contributed by atoms with van der Waals surface area (Å²) in [4.78, 5) is 4.87. The summed E-state index contributed by atoms with van der Waals surface area (Å²) in [7, 11) is -1.09. The highest BCUT2D eigenvalue weighted by atomic mass is 32.2. The predicted octanol–water partition coefficient (Wildman–Crippen LogP) is 4.77. The van der Waals surface area contributed by atoms with Gasteiger partial charge in [-0.3, -0.25) is 9.67 Å². The van der Waals surface area contributed by atoms with Crippen molar-refractivity contribution in [3.63, 3.8) is 0 Å². The van der Waals surface area contributed by atoms with Gasteiger partial charge in [-0.05, 0) is 30.9 Å². The summed E-state index contributed by atoms with van der Waals surface area (Å²) in [5.74, 6) is 0.880. The zero-order chi connectivity index (χ0) is 18.0. The molecule has 1 aromatic carbocycles. The van der Waals surface area contributed by atoms with Gasteiger partial charge in [-0.15, -0.1) is 11.8 Å². The fraction of sp³-hybridized carbons (Fsp3) is 0.444. The van der Waals surface area contributed by atoms with E-state index in [1.807, 2.05) is 12.3 Å². The van der Waals surface area contributed by atoms with Crippen LogP contribution in [0.3, 0.4) is 0 Å². The Morgan fingerprint density at radius 2 is 2.08 bits per heavy atom. The van der Waals surface area contributed by atoms with Crippen molar-refractivity contribution in [3.05, 3.63) is 29.8 Å². The van der Waals surface area contributed by atoms with Crippen LogP contribution in [-0.2, 0) is 11.5 Å². The number of ether oxygens (including phenoxy) is 1. The number of benzene rings is 1. The SMILES string of the molecule is CSc1cc(-c2nc3c(C)cccc3n2COCC[Si](C)(C)C)[nH]n1. The van der Waals surface area contributed by atoms with E-state index in [0.717, 1.165) is 40.2 Å². The van der Waals surface area contributed by atoms with Gasteiger partial charge in [-0.1, -0.05) is 31.8 Å². The average molecular weight is 375 g/mol. The molecular formula is C18H26N4OSSi. The van der Waals surface area contributed by atoms with Crippen LogP contribution in [0.25, 0.3) is 22.6 Å². The van der Waals surface area contributed by atoms with Crippen LogP contribution in [0.4, 0.5) is 0 Å². The first-order valence-electron chi connectivity index (χ1n) is 8.52. The van der Waals surface area contributed by atoms with E-state index in [0.29, 0.717) is 6.73 Å². The summed E-state index contributed by atoms with van der Waals surface area (Å²) in [6.07, 6.45) is 2.02. The Kier molecular flexibility index (Phi) is 5.36. The molecule has 0 saturated carbocycles. The number of aryl methyl sites for hydroxylation is 1. The smallest absolute Gasteiger partial charge is 0.161 e. The molecule has 2 aromatic heterocycles. The van der Waals surface area contributed by atoms with Gasteiger partial charge in [0.05, 0.1) is 11.0 Å². The van der Waals surface area contributed by atoms with Gasteiger partial charge in [-0.25, -0.2) is 4.98 Å². The van der Waals surface area contributed by atoms with Gasteiger partial charge in [0, 0.05) is 20.7 Å². The summed E-state index contributed by atoms with van der Waals surface area (Å²) >= 11 is 1.62. The Morgan fingerprint density at radius 1 is 1.28 bits per heavy atom. The maximum absolute atomic E-state index is 6.02. The normalized spacial score (nSPS) is 12.2. The number of fused-ring (bicyclic) bond motifs is 1. The number of hydrogen-bond donors (Lipinski definition) is 1. The molecule has 3 rings (SSSR count). The summed E-state index contributed by atoms with van der Waals surface area (Å²) in [5, 5.41) is 8.39. The van der Waals surface area contributed by atoms with Crippen LogP contribution in [-0.4, -0.2) is 40.7 Å². The van der Waals surface area contributed by atoms with Crippen molar-refractivity contribution in [2.45, 2.75) is 44.4 Å². The standard InChI is InChI=1S/C18H26N4OSSi/c1-13-7-6-8-15-17(13)19-18(14-11-16(24-2)21-20-14)22(15)12-23-9-10-25(3,4)5/h6-8,11H,9-10,12H2,1-5H3,(H,20,21). The van der Waals surface area contributed by atoms with E-state index in [2.05, 4.69) is 59.5 Å². The molecule has 0 aliphatic heterocycles. The molecule has 0 aliphatic rings. The van der Waals surface area contributed by atoms with Crippen molar-refractivity contribution >= 4 is 30.9 Å². The van der Waals surface area contributed by atoms with Gasteiger partial charge in [0.15, 0.2) is 5.82 Å². The fourth-order valence-electron chi connectivity index (χ4n) is 2.68. The van der Waals surface area contributed by atoms with Gasteiger partial charge in [0.25, 0.3) is 0 Å². The molecule has 3 aromatic rings. The number of nitrogens with zero attached hydrogens (tertiary/aromatic N) is 3. The summed E-state index contributed by atoms with van der Waals surface area (Å²) < 4.78 is 8.16. The Hall–Kier alpha value is -1.57. The topological polar surface area (TPSA) is 55.7 Å². The van der Waals surface area contributed by atoms with Crippen LogP contribution < -0.4 is 0 Å². The molecule has 0 saturated heterocycles. The Labute approximate surface area is 154 Å². The molecule has 0 atom stereocenters. The third-order valence-corrected chi connectivity index (χ3v) is 6.53. The Balaban J connectivity index is 1.93. The molecule has 134 valence electrons. The number of H-pyrrole nitrogens is 1. The van der Waals surface area contributed by atoms with Crippen molar-refractivity contribution in [3.8, 4) is 11.5 Å². The quantitative estimate of drug-likeness (QED) is 0.368. The van der Waals surface area contributed by atoms with E-state index in [1.165, 1.54) is 5.56 Å². The third kappa shape index (κ3) is 4.16. The van der Waals surface area contributed by atoms with Crippen LogP contribution >= 0.6 is 11.8 Å². The maximum Gasteiger partial charge on any atom is 0.161 e. The second-order valence-corrected chi connectivity index (χ2v) is 13.9. The van der Waals surface area contributed by atoms with Crippen LogP contribution in [0.15, 0.2) is 29.3 Å². The zero-order valence-electron chi connectivity index (χ0n) is 15.6. The molecule has 7 heteroatoms. The molecule has 25 heavy (non-hydrogen) atoms. The van der Waals surface area contributed by atoms with E-state index < -0.39 is 8.07 Å². The third-order valence-electron chi connectivity index (χ3n) is 4.20. The van der Waals surface area contributed by atoms with Gasteiger partial charge in [0.1, 0.15) is 17.5 Å². The van der Waals surface area contributed by atoms with Crippen LogP contribution in [0, 0.1) is 6.92 Å².